The molecule has 0 amide bonds. The summed E-state index contributed by atoms with van der Waals surface area (Å²) in [6.45, 7) is 0. The lowest BCUT2D eigenvalue weighted by atomic mass is 10.1. The standard InChI is InChI=1S/C13H13N3O4S2/c17-12(18)8-2-14-9(13(19)20)4-22-10(8)1-7-3-16-6-21-5-11(16)15-7/h2-3,10H,1,4-6H2,(H,17,18)(H,19,20). The number of hydrogen-bond donors (Lipinski definition) is 2. The number of rotatable bonds is 4. The van der Waals surface area contributed by atoms with Crippen LogP contribution < -0.4 is 0 Å². The van der Waals surface area contributed by atoms with Crippen LogP contribution in [-0.4, -0.2) is 48.4 Å². The molecule has 0 spiro atoms. The number of hydrogen-bond acceptors (Lipinski definition) is 6. The van der Waals surface area contributed by atoms with Crippen LogP contribution >= 0.6 is 23.5 Å². The lowest BCUT2D eigenvalue weighted by molar-refractivity contribution is -0.133. The summed E-state index contributed by atoms with van der Waals surface area (Å²) in [6, 6.07) is 0. The highest BCUT2D eigenvalue weighted by molar-refractivity contribution is 8.00. The van der Waals surface area contributed by atoms with Crippen molar-refractivity contribution in [3.8, 4) is 0 Å². The Balaban J connectivity index is 1.80. The first kappa shape index (κ1) is 15.2. The third-order valence-electron chi connectivity index (χ3n) is 3.39. The number of thioether (sulfide) groups is 2. The van der Waals surface area contributed by atoms with Gasteiger partial charge >= 0.3 is 11.9 Å². The van der Waals surface area contributed by atoms with Crippen LogP contribution in [0.3, 0.4) is 0 Å². The van der Waals surface area contributed by atoms with Crippen LogP contribution in [0, 0.1) is 0 Å². The molecule has 0 aromatic carbocycles. The van der Waals surface area contributed by atoms with E-state index in [1.54, 1.807) is 11.8 Å². The summed E-state index contributed by atoms with van der Waals surface area (Å²) in [5.41, 5.74) is 0.914. The molecule has 9 heteroatoms. The molecule has 0 bridgehead atoms. The molecule has 7 nitrogen and oxygen atoms in total. The van der Waals surface area contributed by atoms with Crippen LogP contribution in [0.5, 0.6) is 0 Å². The number of aliphatic carboxylic acids is 2. The minimum atomic E-state index is -1.12. The number of carbonyl (C=O) groups is 2. The van der Waals surface area contributed by atoms with Gasteiger partial charge in [0, 0.05) is 29.8 Å². The Hall–Kier alpha value is -1.74. The molecule has 1 unspecified atom stereocenters. The highest BCUT2D eigenvalue weighted by Crippen LogP contribution is 2.29. The van der Waals surface area contributed by atoms with E-state index in [1.165, 1.54) is 11.8 Å². The average Bonchev–Trinajstić information content (AvgIpc) is 2.94. The zero-order valence-electron chi connectivity index (χ0n) is 11.4. The molecule has 22 heavy (non-hydrogen) atoms. The van der Waals surface area contributed by atoms with E-state index >= 15 is 0 Å². The van der Waals surface area contributed by atoms with Gasteiger partial charge in [-0.25, -0.2) is 14.6 Å². The molecule has 0 saturated heterocycles. The highest BCUT2D eigenvalue weighted by atomic mass is 32.2. The van der Waals surface area contributed by atoms with Crippen LogP contribution in [-0.2, 0) is 27.6 Å². The monoisotopic (exact) mass is 339 g/mol. The number of carboxylic acid groups (broad SMARTS) is 2. The highest BCUT2D eigenvalue weighted by Gasteiger charge is 2.27. The minimum Gasteiger partial charge on any atom is -0.478 e. The number of nitrogens with zero attached hydrogens (tertiary/aromatic N) is 3. The fraction of sp³-hybridized carbons (Fsp3) is 0.385. The summed E-state index contributed by atoms with van der Waals surface area (Å²) in [6.07, 6.45) is 3.56. The van der Waals surface area contributed by atoms with Gasteiger partial charge in [-0.05, 0) is 0 Å². The molecule has 0 radical (unpaired) electrons. The van der Waals surface area contributed by atoms with Crippen molar-refractivity contribution in [1.82, 2.24) is 9.55 Å². The number of fused-ring (bicyclic) bond motifs is 1. The molecule has 3 heterocycles. The Morgan fingerprint density at radius 2 is 2.14 bits per heavy atom. The summed E-state index contributed by atoms with van der Waals surface area (Å²) in [7, 11) is 0. The lowest BCUT2D eigenvalue weighted by Gasteiger charge is -2.13. The van der Waals surface area contributed by atoms with Crippen molar-refractivity contribution in [3.63, 3.8) is 0 Å². The van der Waals surface area contributed by atoms with Crippen LogP contribution in [0.2, 0.25) is 0 Å². The maximum Gasteiger partial charge on any atom is 0.351 e. The first-order chi connectivity index (χ1) is 10.5. The molecule has 0 saturated carbocycles. The van der Waals surface area contributed by atoms with Crippen molar-refractivity contribution >= 4 is 41.2 Å². The second kappa shape index (κ2) is 6.17. The smallest absolute Gasteiger partial charge is 0.351 e. The minimum absolute atomic E-state index is 0.0324. The van der Waals surface area contributed by atoms with Crippen molar-refractivity contribution in [2.75, 3.05) is 5.75 Å². The Labute approximate surface area is 134 Å². The Bertz CT molecular complexity index is 674. The third-order valence-corrected chi connectivity index (χ3v) is 5.57. The van der Waals surface area contributed by atoms with E-state index in [2.05, 4.69) is 14.5 Å². The van der Waals surface area contributed by atoms with E-state index in [0.717, 1.165) is 29.3 Å². The average molecular weight is 339 g/mol. The lowest BCUT2D eigenvalue weighted by Crippen LogP contribution is -2.20. The number of carboxylic acids is 2. The van der Waals surface area contributed by atoms with Crippen LogP contribution in [0.1, 0.15) is 11.5 Å². The number of aliphatic imine (C=N–C) groups is 1. The number of imidazole rings is 1. The molecular weight excluding hydrogens is 326 g/mol. The second-order valence-electron chi connectivity index (χ2n) is 4.87. The van der Waals surface area contributed by atoms with E-state index in [1.807, 2.05) is 6.20 Å². The van der Waals surface area contributed by atoms with Gasteiger partial charge in [0.15, 0.2) is 0 Å². The SMILES string of the molecule is O=C(O)C1=CN=C(C(=O)O)CSC1Cc1cn2c(n1)CSC2. The van der Waals surface area contributed by atoms with Crippen molar-refractivity contribution in [3.05, 3.63) is 29.5 Å². The molecule has 0 aliphatic carbocycles. The Kier molecular flexibility index (Phi) is 4.25. The molecule has 2 N–H and O–H groups in total. The van der Waals surface area contributed by atoms with E-state index in [0.29, 0.717) is 6.42 Å². The zero-order chi connectivity index (χ0) is 15.7. The quantitative estimate of drug-likeness (QED) is 0.850. The van der Waals surface area contributed by atoms with Crippen LogP contribution in [0.4, 0.5) is 0 Å². The zero-order valence-corrected chi connectivity index (χ0v) is 13.1. The first-order valence-corrected chi connectivity index (χ1v) is 8.72. The molecule has 2 aliphatic rings. The third kappa shape index (κ3) is 3.05. The predicted molar refractivity (Wildman–Crippen MR) is 84.3 cm³/mol. The topological polar surface area (TPSA) is 105 Å². The van der Waals surface area contributed by atoms with E-state index < -0.39 is 11.9 Å². The van der Waals surface area contributed by atoms with Gasteiger partial charge in [0.2, 0.25) is 0 Å². The van der Waals surface area contributed by atoms with Gasteiger partial charge in [0.05, 0.1) is 22.9 Å². The summed E-state index contributed by atoms with van der Waals surface area (Å²) < 4.78 is 2.06. The normalized spacial score (nSPS) is 20.8. The molecule has 116 valence electrons. The summed E-state index contributed by atoms with van der Waals surface area (Å²) in [4.78, 5) is 30.7. The van der Waals surface area contributed by atoms with E-state index in [4.69, 9.17) is 5.11 Å². The molecule has 1 aromatic rings. The molecule has 0 fully saturated rings. The molecular formula is C13H13N3O4S2. The molecule has 1 aromatic heterocycles. The summed E-state index contributed by atoms with van der Waals surface area (Å²) in [5, 5.41) is 18.0. The van der Waals surface area contributed by atoms with E-state index in [9.17, 15) is 14.7 Å². The van der Waals surface area contributed by atoms with Crippen LogP contribution in [0.25, 0.3) is 0 Å². The van der Waals surface area contributed by atoms with Gasteiger partial charge in [-0.3, -0.25) is 4.99 Å². The largest absolute Gasteiger partial charge is 0.478 e. The van der Waals surface area contributed by atoms with Gasteiger partial charge in [0.25, 0.3) is 0 Å². The maximum absolute atomic E-state index is 11.4. The van der Waals surface area contributed by atoms with Crippen molar-refractivity contribution in [1.29, 1.82) is 0 Å². The predicted octanol–water partition coefficient (Wildman–Crippen LogP) is 1.24. The Morgan fingerprint density at radius 1 is 1.32 bits per heavy atom. The van der Waals surface area contributed by atoms with Gasteiger partial charge < -0.3 is 14.8 Å². The van der Waals surface area contributed by atoms with E-state index in [-0.39, 0.29) is 22.3 Å². The Morgan fingerprint density at radius 3 is 2.82 bits per heavy atom. The number of aromatic nitrogens is 2. The second-order valence-corrected chi connectivity index (χ2v) is 7.02. The van der Waals surface area contributed by atoms with Gasteiger partial charge in [-0.15, -0.1) is 23.5 Å². The fourth-order valence-electron chi connectivity index (χ4n) is 2.28. The fourth-order valence-corrected chi connectivity index (χ4v) is 4.39. The van der Waals surface area contributed by atoms with Crippen molar-refractivity contribution < 1.29 is 19.8 Å². The maximum atomic E-state index is 11.4. The molecule has 1 atom stereocenters. The van der Waals surface area contributed by atoms with Crippen molar-refractivity contribution in [2.45, 2.75) is 23.3 Å². The first-order valence-electron chi connectivity index (χ1n) is 6.52. The van der Waals surface area contributed by atoms with Gasteiger partial charge in [-0.2, -0.15) is 0 Å². The van der Waals surface area contributed by atoms with Crippen LogP contribution in [0.15, 0.2) is 23.0 Å². The van der Waals surface area contributed by atoms with Gasteiger partial charge in [0.1, 0.15) is 11.5 Å². The van der Waals surface area contributed by atoms with Crippen molar-refractivity contribution in [2.24, 2.45) is 4.99 Å². The molecule has 2 aliphatic heterocycles. The summed E-state index contributed by atoms with van der Waals surface area (Å²) >= 11 is 3.06. The van der Waals surface area contributed by atoms with Gasteiger partial charge in [-0.1, -0.05) is 0 Å². The molecule has 3 rings (SSSR count). The summed E-state index contributed by atoms with van der Waals surface area (Å²) in [5.74, 6) is 0.723.